The fraction of sp³-hybridized carbons (Fsp3) is 0.292. The number of hydrogen-bond donors (Lipinski definition) is 1. The van der Waals surface area contributed by atoms with Gasteiger partial charge in [0, 0.05) is 13.0 Å². The van der Waals surface area contributed by atoms with Crippen LogP contribution in [0.15, 0.2) is 42.6 Å². The van der Waals surface area contributed by atoms with Gasteiger partial charge in [0.1, 0.15) is 23.0 Å². The number of aromatic nitrogens is 4. The summed E-state index contributed by atoms with van der Waals surface area (Å²) in [4.78, 5) is 14.1. The second-order valence-corrected chi connectivity index (χ2v) is 9.43. The second kappa shape index (κ2) is 9.55. The summed E-state index contributed by atoms with van der Waals surface area (Å²) in [5.41, 5.74) is 2.63. The summed E-state index contributed by atoms with van der Waals surface area (Å²) < 4.78 is 16.4. The van der Waals surface area contributed by atoms with Crippen LogP contribution in [0.3, 0.4) is 0 Å². The van der Waals surface area contributed by atoms with Crippen molar-refractivity contribution in [2.45, 2.75) is 25.8 Å². The first-order valence-electron chi connectivity index (χ1n) is 10.8. The Hall–Kier alpha value is -2.25. The van der Waals surface area contributed by atoms with Crippen molar-refractivity contribution in [1.29, 1.82) is 0 Å². The Morgan fingerprint density at radius 3 is 2.52 bits per heavy atom. The summed E-state index contributed by atoms with van der Waals surface area (Å²) in [5, 5.41) is 4.60. The van der Waals surface area contributed by atoms with E-state index in [0.717, 1.165) is 31.7 Å². The molecule has 1 aliphatic rings. The maximum Gasteiger partial charge on any atom is 0.164 e. The van der Waals surface area contributed by atoms with Gasteiger partial charge in [0.25, 0.3) is 0 Å². The van der Waals surface area contributed by atoms with E-state index in [4.69, 9.17) is 44.8 Å². The molecule has 0 bridgehead atoms. The Morgan fingerprint density at radius 1 is 1.00 bits per heavy atom. The zero-order valence-electron chi connectivity index (χ0n) is 17.7. The molecular formula is C24H21Cl3FN5. The quantitative estimate of drug-likeness (QED) is 0.350. The molecule has 1 unspecified atom stereocenters. The van der Waals surface area contributed by atoms with Crippen LogP contribution in [0.4, 0.5) is 4.39 Å². The van der Waals surface area contributed by atoms with Gasteiger partial charge in [0.05, 0.1) is 26.8 Å². The molecule has 9 heteroatoms. The average Bonchev–Trinajstić information content (AvgIpc) is 3.43. The molecule has 2 aromatic carbocycles. The number of benzene rings is 2. The molecule has 1 atom stereocenters. The Kier molecular flexibility index (Phi) is 6.52. The minimum absolute atomic E-state index is 0.119. The summed E-state index contributed by atoms with van der Waals surface area (Å²) in [6.07, 6.45) is 3.71. The van der Waals surface area contributed by atoms with Crippen molar-refractivity contribution in [3.8, 4) is 11.4 Å². The third-order valence-electron chi connectivity index (χ3n) is 5.98. The lowest BCUT2D eigenvalue weighted by molar-refractivity contribution is 0.490. The molecule has 1 fully saturated rings. The van der Waals surface area contributed by atoms with Crippen molar-refractivity contribution in [2.75, 3.05) is 13.1 Å². The van der Waals surface area contributed by atoms with Crippen molar-refractivity contribution in [2.24, 2.45) is 5.92 Å². The first kappa shape index (κ1) is 22.5. The minimum atomic E-state index is -0.394. The third-order valence-corrected chi connectivity index (χ3v) is 6.90. The maximum absolute atomic E-state index is 14.3. The van der Waals surface area contributed by atoms with E-state index in [-0.39, 0.29) is 5.02 Å². The van der Waals surface area contributed by atoms with Crippen LogP contribution >= 0.6 is 34.8 Å². The van der Waals surface area contributed by atoms with Crippen LogP contribution in [0.1, 0.15) is 17.8 Å². The number of halogens is 4. The van der Waals surface area contributed by atoms with Gasteiger partial charge in [-0.1, -0.05) is 53.0 Å². The fourth-order valence-corrected chi connectivity index (χ4v) is 5.03. The van der Waals surface area contributed by atoms with Crippen molar-refractivity contribution in [1.82, 2.24) is 24.8 Å². The van der Waals surface area contributed by atoms with E-state index in [9.17, 15) is 4.39 Å². The van der Waals surface area contributed by atoms with Crippen LogP contribution in [0, 0.1) is 11.7 Å². The predicted molar refractivity (Wildman–Crippen MR) is 131 cm³/mol. The zero-order valence-corrected chi connectivity index (χ0v) is 19.9. The molecular weight excluding hydrogens is 484 g/mol. The van der Waals surface area contributed by atoms with Crippen LogP contribution in [-0.4, -0.2) is 32.6 Å². The van der Waals surface area contributed by atoms with Crippen molar-refractivity contribution in [3.63, 3.8) is 0 Å². The molecule has 0 aliphatic carbocycles. The molecule has 33 heavy (non-hydrogen) atoms. The van der Waals surface area contributed by atoms with Gasteiger partial charge in [0.2, 0.25) is 0 Å². The van der Waals surface area contributed by atoms with Gasteiger partial charge < -0.3 is 9.88 Å². The van der Waals surface area contributed by atoms with Crippen LogP contribution in [0.2, 0.25) is 15.1 Å². The summed E-state index contributed by atoms with van der Waals surface area (Å²) in [5.74, 6) is 1.35. The van der Waals surface area contributed by atoms with Crippen molar-refractivity contribution in [3.05, 3.63) is 74.9 Å². The fourth-order valence-electron chi connectivity index (χ4n) is 4.27. The predicted octanol–water partition coefficient (Wildman–Crippen LogP) is 5.99. The molecule has 0 saturated carbocycles. The molecule has 4 aromatic rings. The standard InChI is InChI=1S/C24H21Cl3FN5/c25-16-4-2-5-17(26)21(16)24-31-19-12-30-20(8-7-15-3-1-6-18(27)22(15)28)32-23(19)33(24)13-14-9-10-29-11-14/h1-6,12,14,29H,7-11,13H2. The van der Waals surface area contributed by atoms with Gasteiger partial charge in [-0.3, -0.25) is 0 Å². The van der Waals surface area contributed by atoms with Gasteiger partial charge in [-0.15, -0.1) is 0 Å². The Morgan fingerprint density at radius 2 is 1.76 bits per heavy atom. The van der Waals surface area contributed by atoms with E-state index in [1.807, 2.05) is 6.07 Å². The molecule has 1 aliphatic heterocycles. The van der Waals surface area contributed by atoms with E-state index in [0.29, 0.717) is 57.1 Å². The lowest BCUT2D eigenvalue weighted by Crippen LogP contribution is -2.16. The van der Waals surface area contributed by atoms with Gasteiger partial charge in [-0.05, 0) is 55.6 Å². The number of imidazole rings is 1. The highest BCUT2D eigenvalue weighted by atomic mass is 35.5. The van der Waals surface area contributed by atoms with E-state index < -0.39 is 5.82 Å². The highest BCUT2D eigenvalue weighted by molar-refractivity contribution is 6.39. The molecule has 5 nitrogen and oxygen atoms in total. The Labute approximate surface area is 205 Å². The van der Waals surface area contributed by atoms with Crippen molar-refractivity contribution >= 4 is 46.0 Å². The normalized spacial score (nSPS) is 16.1. The van der Waals surface area contributed by atoms with Gasteiger partial charge in [0.15, 0.2) is 5.65 Å². The SMILES string of the molecule is Fc1c(Cl)cccc1CCc1ncc2nc(-c3c(Cl)cccc3Cl)n(CC3CCNC3)c2n1. The number of aryl methyl sites for hydroxylation is 2. The Bertz CT molecular complexity index is 1300. The highest BCUT2D eigenvalue weighted by Gasteiger charge is 2.23. The number of fused-ring (bicyclic) bond motifs is 1. The number of rotatable bonds is 6. The maximum atomic E-state index is 14.3. The monoisotopic (exact) mass is 503 g/mol. The van der Waals surface area contributed by atoms with Crippen LogP contribution in [0.5, 0.6) is 0 Å². The molecule has 0 amide bonds. The first-order chi connectivity index (χ1) is 16.0. The summed E-state index contributed by atoms with van der Waals surface area (Å²) in [6, 6.07) is 10.4. The summed E-state index contributed by atoms with van der Waals surface area (Å²) in [6.45, 7) is 2.66. The molecule has 0 spiro atoms. The van der Waals surface area contributed by atoms with Crippen molar-refractivity contribution < 1.29 is 4.39 Å². The third kappa shape index (κ3) is 4.58. The van der Waals surface area contributed by atoms with Crippen LogP contribution in [-0.2, 0) is 19.4 Å². The van der Waals surface area contributed by atoms with E-state index in [1.165, 1.54) is 0 Å². The van der Waals surface area contributed by atoms with Crippen LogP contribution in [0.25, 0.3) is 22.6 Å². The lowest BCUT2D eigenvalue weighted by Gasteiger charge is -2.15. The molecule has 2 aromatic heterocycles. The highest BCUT2D eigenvalue weighted by Crippen LogP contribution is 2.36. The summed E-state index contributed by atoms with van der Waals surface area (Å²) in [7, 11) is 0. The van der Waals surface area contributed by atoms with E-state index in [1.54, 1.807) is 36.5 Å². The molecule has 0 radical (unpaired) electrons. The lowest BCUT2D eigenvalue weighted by atomic mass is 10.1. The number of nitrogens with one attached hydrogen (secondary N) is 1. The number of nitrogens with zero attached hydrogens (tertiary/aromatic N) is 4. The van der Waals surface area contributed by atoms with Gasteiger partial charge in [-0.2, -0.15) is 0 Å². The number of hydrogen-bond acceptors (Lipinski definition) is 4. The smallest absolute Gasteiger partial charge is 0.164 e. The molecule has 3 heterocycles. The minimum Gasteiger partial charge on any atom is -0.316 e. The molecule has 1 saturated heterocycles. The molecule has 1 N–H and O–H groups in total. The average molecular weight is 505 g/mol. The van der Waals surface area contributed by atoms with Crippen LogP contribution < -0.4 is 5.32 Å². The van der Waals surface area contributed by atoms with E-state index >= 15 is 0 Å². The van der Waals surface area contributed by atoms with Gasteiger partial charge >= 0.3 is 0 Å². The topological polar surface area (TPSA) is 55.6 Å². The summed E-state index contributed by atoms with van der Waals surface area (Å²) >= 11 is 19.0. The zero-order chi connectivity index (χ0) is 22.9. The van der Waals surface area contributed by atoms with Gasteiger partial charge in [-0.25, -0.2) is 19.3 Å². The van der Waals surface area contributed by atoms with E-state index in [2.05, 4.69) is 14.9 Å². The molecule has 5 rings (SSSR count). The Balaban J connectivity index is 1.55. The second-order valence-electron chi connectivity index (χ2n) is 8.21. The first-order valence-corrected chi connectivity index (χ1v) is 11.9. The largest absolute Gasteiger partial charge is 0.316 e. The molecule has 170 valence electrons.